The number of carbonyl (C=O) groups is 2. The minimum absolute atomic E-state index is 0.0435. The molecule has 1 aliphatic heterocycles. The Balaban J connectivity index is 1.87. The van der Waals surface area contributed by atoms with Gasteiger partial charge in [0.2, 0.25) is 0 Å². The molecule has 0 aliphatic carbocycles. The van der Waals surface area contributed by atoms with Gasteiger partial charge in [-0.15, -0.1) is 0 Å². The van der Waals surface area contributed by atoms with Gasteiger partial charge in [-0.1, -0.05) is 17.7 Å². The highest BCUT2D eigenvalue weighted by Crippen LogP contribution is 2.38. The van der Waals surface area contributed by atoms with E-state index in [-0.39, 0.29) is 28.0 Å². The third kappa shape index (κ3) is 4.34. The predicted octanol–water partition coefficient (Wildman–Crippen LogP) is 5.58. The van der Waals surface area contributed by atoms with Gasteiger partial charge in [-0.05, 0) is 76.1 Å². The number of aromatic hydroxyl groups is 1. The summed E-state index contributed by atoms with van der Waals surface area (Å²) in [5.74, 6) is -0.748. The molecule has 5 nitrogen and oxygen atoms in total. The van der Waals surface area contributed by atoms with Crippen LogP contribution in [0.5, 0.6) is 11.5 Å². The van der Waals surface area contributed by atoms with E-state index in [9.17, 15) is 19.1 Å². The Bertz CT molecular complexity index is 998. The first-order valence-electron chi connectivity index (χ1n) is 8.14. The summed E-state index contributed by atoms with van der Waals surface area (Å²) in [4.78, 5) is 26.2. The smallest absolute Gasteiger partial charge is 0.293 e. The number of hydrogen-bond donors (Lipinski definition) is 1. The summed E-state index contributed by atoms with van der Waals surface area (Å²) in [6, 6.07) is 6.99. The standard InChI is InChI=1S/C19H14BrClFNO4S/c1-2-27-15-6-10(5-13(20)17(15)24)7-16-18(25)23(19(26)28-16)9-11-3-4-12(22)8-14(11)21/h3-8,24H,2,9H2,1H3/b16-7+. The first kappa shape index (κ1) is 20.7. The summed E-state index contributed by atoms with van der Waals surface area (Å²) in [5, 5.41) is 9.69. The molecule has 28 heavy (non-hydrogen) atoms. The van der Waals surface area contributed by atoms with E-state index < -0.39 is 17.0 Å². The Kier molecular flexibility index (Phi) is 6.32. The maximum atomic E-state index is 13.2. The zero-order valence-corrected chi connectivity index (χ0v) is 17.7. The Morgan fingerprint density at radius 3 is 2.75 bits per heavy atom. The van der Waals surface area contributed by atoms with E-state index in [1.807, 2.05) is 0 Å². The number of imide groups is 1. The van der Waals surface area contributed by atoms with Crippen molar-refractivity contribution in [1.82, 2.24) is 4.90 Å². The van der Waals surface area contributed by atoms with Crippen LogP contribution in [0.2, 0.25) is 5.02 Å². The summed E-state index contributed by atoms with van der Waals surface area (Å²) in [7, 11) is 0. The molecule has 0 radical (unpaired) electrons. The molecule has 0 aromatic heterocycles. The summed E-state index contributed by atoms with van der Waals surface area (Å²) in [5.41, 5.74) is 1.05. The van der Waals surface area contributed by atoms with Crippen LogP contribution in [0.4, 0.5) is 9.18 Å². The van der Waals surface area contributed by atoms with Gasteiger partial charge in [0, 0.05) is 5.02 Å². The fourth-order valence-corrected chi connectivity index (χ4v) is 4.08. The zero-order valence-electron chi connectivity index (χ0n) is 14.5. The van der Waals surface area contributed by atoms with Crippen molar-refractivity contribution in [3.8, 4) is 11.5 Å². The van der Waals surface area contributed by atoms with Crippen LogP contribution in [0.1, 0.15) is 18.1 Å². The fraction of sp³-hybridized carbons (Fsp3) is 0.158. The van der Waals surface area contributed by atoms with Crippen LogP contribution in [-0.4, -0.2) is 27.8 Å². The minimum Gasteiger partial charge on any atom is -0.503 e. The van der Waals surface area contributed by atoms with Crippen LogP contribution in [0.3, 0.4) is 0 Å². The summed E-state index contributed by atoms with van der Waals surface area (Å²) in [6.07, 6.45) is 1.55. The number of amides is 2. The largest absolute Gasteiger partial charge is 0.503 e. The van der Waals surface area contributed by atoms with Gasteiger partial charge in [-0.25, -0.2) is 4.39 Å². The zero-order chi connectivity index (χ0) is 20.4. The lowest BCUT2D eigenvalue weighted by atomic mass is 10.1. The van der Waals surface area contributed by atoms with E-state index >= 15 is 0 Å². The number of carbonyl (C=O) groups excluding carboxylic acids is 2. The van der Waals surface area contributed by atoms with Gasteiger partial charge >= 0.3 is 0 Å². The van der Waals surface area contributed by atoms with Crippen molar-refractivity contribution in [3.05, 3.63) is 61.7 Å². The molecule has 2 amide bonds. The quantitative estimate of drug-likeness (QED) is 0.559. The Hall–Kier alpha value is -2.03. The normalized spacial score (nSPS) is 15.6. The summed E-state index contributed by atoms with van der Waals surface area (Å²) >= 11 is 10.0. The molecule has 1 saturated heterocycles. The minimum atomic E-state index is -0.495. The third-order valence-electron chi connectivity index (χ3n) is 3.87. The van der Waals surface area contributed by atoms with E-state index in [1.165, 1.54) is 12.1 Å². The number of benzene rings is 2. The Labute approximate surface area is 178 Å². The molecule has 2 aromatic rings. The van der Waals surface area contributed by atoms with Gasteiger partial charge in [0.05, 0.1) is 22.5 Å². The summed E-state index contributed by atoms with van der Waals surface area (Å²) in [6.45, 7) is 2.09. The number of thioether (sulfide) groups is 1. The van der Waals surface area contributed by atoms with Crippen LogP contribution in [-0.2, 0) is 11.3 Å². The van der Waals surface area contributed by atoms with Crippen LogP contribution in [0, 0.1) is 5.82 Å². The number of ether oxygens (including phenoxy) is 1. The molecular formula is C19H14BrClFNO4S. The number of hydrogen-bond acceptors (Lipinski definition) is 5. The van der Waals surface area contributed by atoms with Crippen LogP contribution in [0.15, 0.2) is 39.7 Å². The molecule has 146 valence electrons. The molecule has 1 N–H and O–H groups in total. The number of nitrogens with zero attached hydrogens (tertiary/aromatic N) is 1. The average molecular weight is 487 g/mol. The van der Waals surface area contributed by atoms with Crippen LogP contribution < -0.4 is 4.74 Å². The van der Waals surface area contributed by atoms with E-state index in [0.717, 1.165) is 22.7 Å². The Morgan fingerprint density at radius 1 is 1.32 bits per heavy atom. The maximum Gasteiger partial charge on any atom is 0.293 e. The second-order valence-electron chi connectivity index (χ2n) is 5.79. The second kappa shape index (κ2) is 8.55. The number of phenolic OH excluding ortho intramolecular Hbond substituents is 1. The van der Waals surface area contributed by atoms with Crippen molar-refractivity contribution < 1.29 is 23.8 Å². The number of rotatable bonds is 5. The van der Waals surface area contributed by atoms with Gasteiger partial charge in [0.1, 0.15) is 5.82 Å². The highest BCUT2D eigenvalue weighted by Gasteiger charge is 2.35. The van der Waals surface area contributed by atoms with Gasteiger partial charge in [0.15, 0.2) is 11.5 Å². The van der Waals surface area contributed by atoms with Crippen molar-refractivity contribution >= 4 is 56.5 Å². The van der Waals surface area contributed by atoms with E-state index in [0.29, 0.717) is 22.2 Å². The van der Waals surface area contributed by atoms with Crippen molar-refractivity contribution in [2.75, 3.05) is 6.61 Å². The maximum absolute atomic E-state index is 13.2. The van der Waals surface area contributed by atoms with Gasteiger partial charge < -0.3 is 9.84 Å². The Morgan fingerprint density at radius 2 is 2.07 bits per heavy atom. The fourth-order valence-electron chi connectivity index (χ4n) is 2.55. The molecule has 1 fully saturated rings. The third-order valence-corrected chi connectivity index (χ3v) is 5.73. The van der Waals surface area contributed by atoms with E-state index in [1.54, 1.807) is 25.1 Å². The molecule has 1 heterocycles. The van der Waals surface area contributed by atoms with Crippen molar-refractivity contribution in [3.63, 3.8) is 0 Å². The lowest BCUT2D eigenvalue weighted by molar-refractivity contribution is -0.123. The van der Waals surface area contributed by atoms with Gasteiger partial charge in [-0.3, -0.25) is 14.5 Å². The van der Waals surface area contributed by atoms with Crippen LogP contribution >= 0.6 is 39.3 Å². The molecule has 3 rings (SSSR count). The molecule has 0 unspecified atom stereocenters. The molecule has 0 bridgehead atoms. The second-order valence-corrected chi connectivity index (χ2v) is 8.04. The predicted molar refractivity (Wildman–Crippen MR) is 110 cm³/mol. The average Bonchev–Trinajstić information content (AvgIpc) is 2.89. The molecule has 0 spiro atoms. The SMILES string of the molecule is CCOc1cc(/C=C2/SC(=O)N(Cc3ccc(F)cc3Cl)C2=O)cc(Br)c1O. The van der Waals surface area contributed by atoms with E-state index in [4.69, 9.17) is 16.3 Å². The van der Waals surface area contributed by atoms with Crippen molar-refractivity contribution in [1.29, 1.82) is 0 Å². The topological polar surface area (TPSA) is 66.8 Å². The van der Waals surface area contributed by atoms with Crippen LogP contribution in [0.25, 0.3) is 6.08 Å². The monoisotopic (exact) mass is 485 g/mol. The first-order valence-corrected chi connectivity index (χ1v) is 10.1. The van der Waals surface area contributed by atoms with Crippen molar-refractivity contribution in [2.45, 2.75) is 13.5 Å². The molecule has 0 atom stereocenters. The van der Waals surface area contributed by atoms with Crippen molar-refractivity contribution in [2.24, 2.45) is 0 Å². The lowest BCUT2D eigenvalue weighted by Gasteiger charge is -2.13. The lowest BCUT2D eigenvalue weighted by Crippen LogP contribution is -2.27. The van der Waals surface area contributed by atoms with Gasteiger partial charge in [0.25, 0.3) is 11.1 Å². The number of phenols is 1. The highest BCUT2D eigenvalue weighted by atomic mass is 79.9. The molecule has 2 aromatic carbocycles. The first-order chi connectivity index (χ1) is 13.3. The molecular weight excluding hydrogens is 473 g/mol. The summed E-state index contributed by atoms with van der Waals surface area (Å²) < 4.78 is 19.0. The molecule has 9 heteroatoms. The molecule has 0 saturated carbocycles. The van der Waals surface area contributed by atoms with E-state index in [2.05, 4.69) is 15.9 Å². The number of halogens is 3. The highest BCUT2D eigenvalue weighted by molar-refractivity contribution is 9.10. The molecule has 1 aliphatic rings. The van der Waals surface area contributed by atoms with Gasteiger partial charge in [-0.2, -0.15) is 0 Å².